The Morgan fingerprint density at radius 2 is 1.35 bits per heavy atom. The second kappa shape index (κ2) is 8.66. The summed E-state index contributed by atoms with van der Waals surface area (Å²) in [4.78, 5) is 27.5. The fraction of sp³-hybridized carbons (Fsp3) is 0.357. The molecule has 1 atom stereocenters. The fourth-order valence-electron chi connectivity index (χ4n) is 4.76. The van der Waals surface area contributed by atoms with Gasteiger partial charge in [-0.1, -0.05) is 76.2 Å². The Labute approximate surface area is 185 Å². The van der Waals surface area contributed by atoms with Crippen LogP contribution in [0.25, 0.3) is 10.8 Å². The van der Waals surface area contributed by atoms with Crippen LogP contribution in [0.15, 0.2) is 60.7 Å². The monoisotopic (exact) mass is 413 g/mol. The topological polar surface area (TPSA) is 37.4 Å². The van der Waals surface area contributed by atoms with E-state index in [1.165, 1.54) is 16.9 Å². The zero-order valence-corrected chi connectivity index (χ0v) is 18.9. The van der Waals surface area contributed by atoms with Gasteiger partial charge in [-0.3, -0.25) is 14.5 Å². The molecular weight excluding hydrogens is 382 g/mol. The molecule has 4 rings (SSSR count). The maximum Gasteiger partial charge on any atom is 0.261 e. The summed E-state index contributed by atoms with van der Waals surface area (Å²) in [6.45, 7) is 9.51. The van der Waals surface area contributed by atoms with Gasteiger partial charge in [-0.15, -0.1) is 0 Å². The zero-order valence-electron chi connectivity index (χ0n) is 18.9. The van der Waals surface area contributed by atoms with Crippen LogP contribution in [0.2, 0.25) is 0 Å². The molecule has 0 bridgehead atoms. The highest BCUT2D eigenvalue weighted by Crippen LogP contribution is 2.32. The van der Waals surface area contributed by atoms with E-state index >= 15 is 0 Å². The van der Waals surface area contributed by atoms with E-state index in [-0.39, 0.29) is 11.8 Å². The molecule has 3 heteroatoms. The molecule has 0 spiro atoms. The van der Waals surface area contributed by atoms with E-state index in [2.05, 4.69) is 52.0 Å². The number of amides is 2. The van der Waals surface area contributed by atoms with E-state index in [0.29, 0.717) is 41.8 Å². The van der Waals surface area contributed by atoms with E-state index in [4.69, 9.17) is 0 Å². The van der Waals surface area contributed by atoms with Crippen LogP contribution in [0, 0.1) is 11.8 Å². The summed E-state index contributed by atoms with van der Waals surface area (Å²) in [5.74, 6) is 1.43. The molecule has 1 heterocycles. The Morgan fingerprint density at radius 1 is 0.774 bits per heavy atom. The predicted octanol–water partition coefficient (Wildman–Crippen LogP) is 6.46. The largest absolute Gasteiger partial charge is 0.274 e. The highest BCUT2D eigenvalue weighted by Gasteiger charge is 2.32. The van der Waals surface area contributed by atoms with Crippen molar-refractivity contribution in [2.75, 3.05) is 6.54 Å². The number of nitrogens with zero attached hydrogens (tertiary/aromatic N) is 1. The van der Waals surface area contributed by atoms with Crippen LogP contribution in [0.5, 0.6) is 0 Å². The first kappa shape index (κ1) is 21.3. The number of benzene rings is 3. The Hall–Kier alpha value is -2.94. The summed E-state index contributed by atoms with van der Waals surface area (Å²) in [7, 11) is 0. The van der Waals surface area contributed by atoms with Gasteiger partial charge in [0.2, 0.25) is 0 Å². The lowest BCUT2D eigenvalue weighted by molar-refractivity contribution is 0.0612. The molecule has 0 aliphatic carbocycles. The van der Waals surface area contributed by atoms with Crippen molar-refractivity contribution >= 4 is 22.6 Å². The minimum Gasteiger partial charge on any atom is -0.274 e. The third kappa shape index (κ3) is 4.14. The number of rotatable bonds is 7. The number of hydrogen-bond acceptors (Lipinski definition) is 2. The van der Waals surface area contributed by atoms with Gasteiger partial charge in [0.25, 0.3) is 11.8 Å². The van der Waals surface area contributed by atoms with Crippen molar-refractivity contribution < 1.29 is 9.59 Å². The van der Waals surface area contributed by atoms with Crippen molar-refractivity contribution in [3.63, 3.8) is 0 Å². The molecule has 31 heavy (non-hydrogen) atoms. The van der Waals surface area contributed by atoms with Crippen molar-refractivity contribution in [3.05, 3.63) is 82.9 Å². The molecule has 0 fully saturated rings. The van der Waals surface area contributed by atoms with Gasteiger partial charge in [-0.05, 0) is 59.2 Å². The molecular formula is C28H31NO2. The highest BCUT2D eigenvalue weighted by atomic mass is 16.2. The van der Waals surface area contributed by atoms with E-state index < -0.39 is 0 Å². The Morgan fingerprint density at radius 3 is 1.87 bits per heavy atom. The molecule has 3 aromatic carbocycles. The van der Waals surface area contributed by atoms with E-state index in [9.17, 15) is 9.59 Å². The molecule has 0 aromatic heterocycles. The average molecular weight is 414 g/mol. The summed E-state index contributed by atoms with van der Waals surface area (Å²) < 4.78 is 0. The summed E-state index contributed by atoms with van der Waals surface area (Å²) in [5.41, 5.74) is 3.76. The molecule has 3 aromatic rings. The van der Waals surface area contributed by atoms with Crippen LogP contribution >= 0.6 is 0 Å². The van der Waals surface area contributed by atoms with Gasteiger partial charge >= 0.3 is 0 Å². The van der Waals surface area contributed by atoms with Crippen LogP contribution in [0.1, 0.15) is 71.9 Å². The molecule has 3 nitrogen and oxygen atoms in total. The first-order valence-electron chi connectivity index (χ1n) is 11.3. The Balaban J connectivity index is 1.51. The van der Waals surface area contributed by atoms with Crippen LogP contribution in [-0.4, -0.2) is 23.3 Å². The van der Waals surface area contributed by atoms with Gasteiger partial charge in [0.05, 0.1) is 0 Å². The standard InChI is InChI=1S/C28H31NO2/c1-18(2)17-25(19(3)4)21-13-11-20(12-14-21)15-16-29-27(30)23-9-5-7-22-8-6-10-24(26(22)23)28(29)31/h5-14,18-19,25H,15-17H2,1-4H3. The molecule has 1 unspecified atom stereocenters. The van der Waals surface area contributed by atoms with Crippen molar-refractivity contribution in [2.45, 2.75) is 46.5 Å². The van der Waals surface area contributed by atoms with Gasteiger partial charge in [0.15, 0.2) is 0 Å². The minimum atomic E-state index is -0.192. The highest BCUT2D eigenvalue weighted by molar-refractivity contribution is 6.25. The first-order chi connectivity index (χ1) is 14.9. The van der Waals surface area contributed by atoms with Crippen molar-refractivity contribution in [1.29, 1.82) is 0 Å². The van der Waals surface area contributed by atoms with Crippen LogP contribution in [0.3, 0.4) is 0 Å². The molecule has 1 aliphatic heterocycles. The normalized spacial score (nSPS) is 14.7. The lowest BCUT2D eigenvalue weighted by atomic mass is 9.82. The van der Waals surface area contributed by atoms with Crippen molar-refractivity contribution in [2.24, 2.45) is 11.8 Å². The van der Waals surface area contributed by atoms with Gasteiger partial charge in [0, 0.05) is 23.1 Å². The molecule has 0 radical (unpaired) electrons. The van der Waals surface area contributed by atoms with Gasteiger partial charge in [-0.25, -0.2) is 0 Å². The quantitative estimate of drug-likeness (QED) is 0.417. The predicted molar refractivity (Wildman–Crippen MR) is 126 cm³/mol. The average Bonchev–Trinajstić information content (AvgIpc) is 2.76. The third-order valence-electron chi connectivity index (χ3n) is 6.42. The maximum atomic E-state index is 13.1. The van der Waals surface area contributed by atoms with Crippen LogP contribution in [0.4, 0.5) is 0 Å². The molecule has 0 N–H and O–H groups in total. The minimum absolute atomic E-state index is 0.192. The SMILES string of the molecule is CC(C)CC(c1ccc(CCN2C(=O)c3cccc4cccc(c34)C2=O)cc1)C(C)C. The zero-order chi connectivity index (χ0) is 22.1. The van der Waals surface area contributed by atoms with Crippen LogP contribution in [-0.2, 0) is 6.42 Å². The number of carbonyl (C=O) groups excluding carboxylic acids is 2. The van der Waals surface area contributed by atoms with Crippen LogP contribution < -0.4 is 0 Å². The molecule has 1 aliphatic rings. The fourth-order valence-corrected chi connectivity index (χ4v) is 4.76. The Kier molecular flexibility index (Phi) is 5.95. The Bertz CT molecular complexity index is 1060. The third-order valence-corrected chi connectivity index (χ3v) is 6.42. The molecule has 160 valence electrons. The van der Waals surface area contributed by atoms with E-state index in [1.54, 1.807) is 0 Å². The molecule has 2 amide bonds. The van der Waals surface area contributed by atoms with Gasteiger partial charge in [0.1, 0.15) is 0 Å². The smallest absolute Gasteiger partial charge is 0.261 e. The maximum absolute atomic E-state index is 13.1. The lowest BCUT2D eigenvalue weighted by Gasteiger charge is -2.27. The first-order valence-corrected chi connectivity index (χ1v) is 11.3. The summed E-state index contributed by atoms with van der Waals surface area (Å²) in [6.07, 6.45) is 1.84. The summed E-state index contributed by atoms with van der Waals surface area (Å²) in [6, 6.07) is 20.1. The lowest BCUT2D eigenvalue weighted by Crippen LogP contribution is -2.41. The van der Waals surface area contributed by atoms with Crippen molar-refractivity contribution in [1.82, 2.24) is 4.90 Å². The number of imide groups is 1. The molecule has 0 saturated heterocycles. The van der Waals surface area contributed by atoms with E-state index in [1.807, 2.05) is 36.4 Å². The number of carbonyl (C=O) groups is 2. The van der Waals surface area contributed by atoms with E-state index in [0.717, 1.165) is 16.3 Å². The van der Waals surface area contributed by atoms with Gasteiger partial charge in [-0.2, -0.15) is 0 Å². The number of hydrogen-bond donors (Lipinski definition) is 0. The second-order valence-corrected chi connectivity index (χ2v) is 9.44. The summed E-state index contributed by atoms with van der Waals surface area (Å²) >= 11 is 0. The van der Waals surface area contributed by atoms with Crippen molar-refractivity contribution in [3.8, 4) is 0 Å². The van der Waals surface area contributed by atoms with Gasteiger partial charge < -0.3 is 0 Å². The summed E-state index contributed by atoms with van der Waals surface area (Å²) in [5, 5.41) is 1.72. The second-order valence-electron chi connectivity index (χ2n) is 9.44. The molecule has 0 saturated carbocycles.